The fourth-order valence-corrected chi connectivity index (χ4v) is 5.87. The van der Waals surface area contributed by atoms with Crippen LogP contribution in [0.5, 0.6) is 0 Å². The lowest BCUT2D eigenvalue weighted by Gasteiger charge is -2.46. The van der Waals surface area contributed by atoms with Gasteiger partial charge in [-0.3, -0.25) is 0 Å². The summed E-state index contributed by atoms with van der Waals surface area (Å²) in [4.78, 5) is 13.7. The lowest BCUT2D eigenvalue weighted by Crippen LogP contribution is -2.53. The third-order valence-corrected chi connectivity index (χ3v) is 7.55. The second-order valence-electron chi connectivity index (χ2n) is 8.01. The number of carbonyl (C=O) groups is 1. The van der Waals surface area contributed by atoms with Gasteiger partial charge in [-0.2, -0.15) is 15.0 Å². The molecule has 3 aromatic rings. The van der Waals surface area contributed by atoms with Crippen molar-refractivity contribution < 1.29 is 13.4 Å². The minimum Gasteiger partial charge on any atom is -0.303 e. The number of fused-ring (bicyclic) bond motifs is 2. The second kappa shape index (κ2) is 7.21. The molecular weight excluding hydrogens is 407 g/mol. The van der Waals surface area contributed by atoms with E-state index in [0.717, 1.165) is 29.7 Å². The molecule has 0 radical (unpaired) electrons. The van der Waals surface area contributed by atoms with Gasteiger partial charge in [0, 0.05) is 31.2 Å². The van der Waals surface area contributed by atoms with Crippen molar-refractivity contribution in [1.82, 2.24) is 29.1 Å². The van der Waals surface area contributed by atoms with Crippen LogP contribution >= 0.6 is 0 Å². The Morgan fingerprint density at radius 2 is 2.03 bits per heavy atom. The molecule has 5 rings (SSSR count). The molecule has 1 aliphatic heterocycles. The first-order chi connectivity index (χ1) is 14.5. The summed E-state index contributed by atoms with van der Waals surface area (Å²) in [5.41, 5.74) is 2.26. The lowest BCUT2D eigenvalue weighted by atomic mass is 9.64. The molecule has 0 bridgehead atoms. The first-order valence-corrected chi connectivity index (χ1v) is 10.9. The zero-order valence-corrected chi connectivity index (χ0v) is 17.3. The van der Waals surface area contributed by atoms with Crippen molar-refractivity contribution in [2.75, 3.05) is 13.1 Å². The number of piperidine rings is 1. The van der Waals surface area contributed by atoms with E-state index in [-0.39, 0.29) is 11.7 Å². The molecule has 10 heteroatoms. The maximum atomic E-state index is 13.3. The molecule has 0 saturated carbocycles. The van der Waals surface area contributed by atoms with Crippen LogP contribution in [-0.2, 0) is 35.7 Å². The summed E-state index contributed by atoms with van der Waals surface area (Å²) in [5, 5.41) is 13.1. The maximum Gasteiger partial charge on any atom is 0.185 e. The van der Waals surface area contributed by atoms with E-state index < -0.39 is 16.4 Å². The van der Waals surface area contributed by atoms with Crippen molar-refractivity contribution in [3.8, 4) is 5.69 Å². The van der Waals surface area contributed by atoms with Gasteiger partial charge < -0.3 is 4.79 Å². The number of benzene rings is 1. The predicted molar refractivity (Wildman–Crippen MR) is 107 cm³/mol. The van der Waals surface area contributed by atoms with Crippen LogP contribution in [0.25, 0.3) is 5.69 Å². The van der Waals surface area contributed by atoms with Crippen molar-refractivity contribution in [3.63, 3.8) is 0 Å². The molecule has 0 amide bonds. The van der Waals surface area contributed by atoms with Crippen LogP contribution in [0.3, 0.4) is 0 Å². The van der Waals surface area contributed by atoms with E-state index in [9.17, 15) is 13.4 Å². The molecule has 2 aliphatic rings. The smallest absolute Gasteiger partial charge is 0.185 e. The molecular formula is C20H21FN6O2S. The van der Waals surface area contributed by atoms with E-state index >= 15 is 0 Å². The predicted octanol–water partition coefficient (Wildman–Crippen LogP) is 1.47. The molecule has 30 heavy (non-hydrogen) atoms. The minimum absolute atomic E-state index is 0.133. The molecule has 8 nitrogen and oxygen atoms in total. The van der Waals surface area contributed by atoms with Crippen LogP contribution < -0.4 is 0 Å². The molecule has 1 aromatic carbocycles. The second-order valence-corrected chi connectivity index (χ2v) is 9.44. The fourth-order valence-electron chi connectivity index (χ4n) is 4.65. The Kier molecular flexibility index (Phi) is 4.62. The quantitative estimate of drug-likeness (QED) is 0.588. The highest BCUT2D eigenvalue weighted by Gasteiger charge is 2.48. The van der Waals surface area contributed by atoms with Gasteiger partial charge in [0.2, 0.25) is 0 Å². The summed E-state index contributed by atoms with van der Waals surface area (Å²) in [6, 6.07) is 6.25. The molecule has 1 fully saturated rings. The lowest BCUT2D eigenvalue weighted by molar-refractivity contribution is -0.122. The van der Waals surface area contributed by atoms with Crippen molar-refractivity contribution in [2.45, 2.75) is 24.3 Å². The van der Waals surface area contributed by atoms with E-state index in [2.05, 4.69) is 15.3 Å². The fraction of sp³-hybridized carbons (Fsp3) is 0.400. The highest BCUT2D eigenvalue weighted by atomic mass is 32.2. The van der Waals surface area contributed by atoms with Crippen molar-refractivity contribution in [2.24, 2.45) is 18.4 Å². The highest BCUT2D eigenvalue weighted by Crippen LogP contribution is 2.44. The number of aromatic nitrogens is 5. The number of halogens is 1. The molecule has 3 heterocycles. The minimum atomic E-state index is -1.45. The summed E-state index contributed by atoms with van der Waals surface area (Å²) >= 11 is 0. The number of nitrogens with zero attached hydrogens (tertiary/aromatic N) is 6. The summed E-state index contributed by atoms with van der Waals surface area (Å²) < 4.78 is 29.9. The third-order valence-electron chi connectivity index (χ3n) is 6.22. The van der Waals surface area contributed by atoms with Crippen LogP contribution in [0, 0.1) is 17.2 Å². The standard InChI is InChI=1S/C20H21FN6O2S/c1-25-22-11-19(24-25)30(29)26-7-6-15-8-18-14(9-20(15,12-26)13-28)10-23-27(18)17-4-2-16(21)3-5-17/h2-5,10-11,13,15H,6-9,12H2,1H3/t15?,20-,30?/m1/s1. The van der Waals surface area contributed by atoms with E-state index in [4.69, 9.17) is 0 Å². The van der Waals surface area contributed by atoms with Gasteiger partial charge in [-0.25, -0.2) is 17.6 Å². The molecule has 2 aromatic heterocycles. The van der Waals surface area contributed by atoms with Gasteiger partial charge in [0.05, 0.1) is 18.1 Å². The Hall–Kier alpha value is -2.72. The average Bonchev–Trinajstić information content (AvgIpc) is 3.37. The summed E-state index contributed by atoms with van der Waals surface area (Å²) in [7, 11) is 0.229. The normalized spacial score (nSPS) is 24.8. The number of aryl methyl sites for hydroxylation is 1. The monoisotopic (exact) mass is 428 g/mol. The Bertz CT molecular complexity index is 1130. The average molecular weight is 428 g/mol. The number of hydrogen-bond acceptors (Lipinski definition) is 5. The first kappa shape index (κ1) is 19.3. The SMILES string of the molecule is Cn1ncc(S(=O)N2CCC3Cc4c(cnn4-c4ccc(F)cc4)C[C@]3(C=O)C2)n1. The molecule has 0 N–H and O–H groups in total. The van der Waals surface area contributed by atoms with Crippen LogP contribution in [-0.4, -0.2) is 52.7 Å². The van der Waals surface area contributed by atoms with Gasteiger partial charge in [-0.05, 0) is 55.0 Å². The summed E-state index contributed by atoms with van der Waals surface area (Å²) in [6.45, 7) is 1.02. The summed E-state index contributed by atoms with van der Waals surface area (Å²) in [6.07, 6.45) is 6.33. The number of carbonyl (C=O) groups excluding carboxylic acids is 1. The Balaban J connectivity index is 1.44. The maximum absolute atomic E-state index is 13.3. The van der Waals surface area contributed by atoms with E-state index in [1.807, 2.05) is 8.99 Å². The zero-order chi connectivity index (χ0) is 20.9. The van der Waals surface area contributed by atoms with Gasteiger partial charge in [0.1, 0.15) is 23.1 Å². The topological polar surface area (TPSA) is 85.9 Å². The van der Waals surface area contributed by atoms with Crippen LogP contribution in [0.15, 0.2) is 41.7 Å². The van der Waals surface area contributed by atoms with Gasteiger partial charge in [0.25, 0.3) is 0 Å². The number of hydrogen-bond donors (Lipinski definition) is 0. The van der Waals surface area contributed by atoms with E-state index in [1.54, 1.807) is 25.4 Å². The van der Waals surface area contributed by atoms with Crippen LogP contribution in [0.1, 0.15) is 17.7 Å². The van der Waals surface area contributed by atoms with Crippen molar-refractivity contribution in [3.05, 3.63) is 53.7 Å². The van der Waals surface area contributed by atoms with Crippen molar-refractivity contribution in [1.29, 1.82) is 0 Å². The number of aldehydes is 1. The Morgan fingerprint density at radius 3 is 2.73 bits per heavy atom. The molecule has 156 valence electrons. The largest absolute Gasteiger partial charge is 0.303 e. The first-order valence-electron chi connectivity index (χ1n) is 9.80. The van der Waals surface area contributed by atoms with Gasteiger partial charge in [-0.15, -0.1) is 5.10 Å². The van der Waals surface area contributed by atoms with Crippen LogP contribution in [0.4, 0.5) is 4.39 Å². The highest BCUT2D eigenvalue weighted by molar-refractivity contribution is 7.82. The Morgan fingerprint density at radius 1 is 1.23 bits per heavy atom. The van der Waals surface area contributed by atoms with Gasteiger partial charge >= 0.3 is 0 Å². The molecule has 2 unspecified atom stereocenters. The molecule has 1 aliphatic carbocycles. The summed E-state index contributed by atoms with van der Waals surface area (Å²) in [5.74, 6) is -0.156. The third kappa shape index (κ3) is 3.10. The molecule has 0 spiro atoms. The van der Waals surface area contributed by atoms with Crippen LogP contribution in [0.2, 0.25) is 0 Å². The van der Waals surface area contributed by atoms with Gasteiger partial charge in [-0.1, -0.05) is 0 Å². The van der Waals surface area contributed by atoms with E-state index in [0.29, 0.717) is 31.0 Å². The molecule has 3 atom stereocenters. The van der Waals surface area contributed by atoms with Crippen molar-refractivity contribution >= 4 is 17.3 Å². The van der Waals surface area contributed by atoms with Gasteiger partial charge in [0.15, 0.2) is 5.03 Å². The Labute approximate surface area is 175 Å². The molecule has 1 saturated heterocycles. The zero-order valence-electron chi connectivity index (χ0n) is 16.4. The number of rotatable bonds is 4. The van der Waals surface area contributed by atoms with E-state index in [1.165, 1.54) is 23.1 Å².